The van der Waals surface area contributed by atoms with Gasteiger partial charge in [0, 0.05) is 17.6 Å². The number of benzene rings is 1. The van der Waals surface area contributed by atoms with E-state index in [0.717, 1.165) is 35.7 Å². The second-order valence-corrected chi connectivity index (χ2v) is 6.35. The standard InChI is InChI=1S/C20H23NO3/c1-3-6-14(2)10-12-24-20(23)19-16-9-8-15(22)13-18(16)21-11-5-4-7-17(19)21/h4-5,7-9,11,13-14,22H,3,6,10,12H2,1-2H3. The summed E-state index contributed by atoms with van der Waals surface area (Å²) >= 11 is 0. The summed E-state index contributed by atoms with van der Waals surface area (Å²) in [7, 11) is 0. The number of phenolic OH excluding ortho intramolecular Hbond substituents is 1. The molecule has 0 saturated heterocycles. The third-order valence-corrected chi connectivity index (χ3v) is 4.46. The minimum absolute atomic E-state index is 0.180. The zero-order chi connectivity index (χ0) is 17.1. The van der Waals surface area contributed by atoms with Crippen LogP contribution in [0.3, 0.4) is 0 Å². The van der Waals surface area contributed by atoms with Gasteiger partial charge in [0.1, 0.15) is 5.75 Å². The Morgan fingerprint density at radius 3 is 2.83 bits per heavy atom. The van der Waals surface area contributed by atoms with Crippen LogP contribution in [-0.2, 0) is 4.74 Å². The molecule has 126 valence electrons. The SMILES string of the molecule is CCCC(C)CCOC(=O)c1c2ccc(O)cc2n2ccccc12. The molecule has 0 aliphatic carbocycles. The van der Waals surface area contributed by atoms with Crippen molar-refractivity contribution in [2.45, 2.75) is 33.1 Å². The van der Waals surface area contributed by atoms with Crippen molar-refractivity contribution in [2.24, 2.45) is 5.92 Å². The van der Waals surface area contributed by atoms with Gasteiger partial charge in [-0.3, -0.25) is 0 Å². The van der Waals surface area contributed by atoms with Gasteiger partial charge in [-0.05, 0) is 36.6 Å². The van der Waals surface area contributed by atoms with Crippen LogP contribution >= 0.6 is 0 Å². The van der Waals surface area contributed by atoms with E-state index in [1.165, 1.54) is 0 Å². The largest absolute Gasteiger partial charge is 0.508 e. The molecular weight excluding hydrogens is 302 g/mol. The first kappa shape index (κ1) is 16.4. The first-order chi connectivity index (χ1) is 11.6. The van der Waals surface area contributed by atoms with Crippen LogP contribution in [0.25, 0.3) is 16.4 Å². The fourth-order valence-electron chi connectivity index (χ4n) is 3.20. The van der Waals surface area contributed by atoms with Crippen molar-refractivity contribution in [1.29, 1.82) is 0 Å². The molecule has 1 aromatic carbocycles. The highest BCUT2D eigenvalue weighted by Gasteiger charge is 2.19. The predicted molar refractivity (Wildman–Crippen MR) is 95.5 cm³/mol. The molecular formula is C20H23NO3. The van der Waals surface area contributed by atoms with Crippen LogP contribution in [0.15, 0.2) is 42.6 Å². The summed E-state index contributed by atoms with van der Waals surface area (Å²) in [6.07, 6.45) is 5.06. The Kier molecular flexibility index (Phi) is 4.74. The highest BCUT2D eigenvalue weighted by molar-refractivity contribution is 6.11. The summed E-state index contributed by atoms with van der Waals surface area (Å²) in [6, 6.07) is 10.7. The van der Waals surface area contributed by atoms with Crippen LogP contribution in [0.2, 0.25) is 0 Å². The molecule has 0 fully saturated rings. The number of carbonyl (C=O) groups excluding carboxylic acids is 1. The molecule has 2 heterocycles. The van der Waals surface area contributed by atoms with Gasteiger partial charge in [0.2, 0.25) is 0 Å². The number of phenols is 1. The average Bonchev–Trinajstić information content (AvgIpc) is 2.89. The van der Waals surface area contributed by atoms with E-state index in [4.69, 9.17) is 4.74 Å². The van der Waals surface area contributed by atoms with Crippen molar-refractivity contribution >= 4 is 22.4 Å². The number of aromatic nitrogens is 1. The smallest absolute Gasteiger partial charge is 0.340 e. The molecule has 0 bridgehead atoms. The van der Waals surface area contributed by atoms with Crippen LogP contribution in [-0.4, -0.2) is 22.1 Å². The number of carbonyl (C=O) groups is 1. The Balaban J connectivity index is 1.91. The monoisotopic (exact) mass is 325 g/mol. The third kappa shape index (κ3) is 3.09. The summed E-state index contributed by atoms with van der Waals surface area (Å²) in [5, 5.41) is 10.6. The summed E-state index contributed by atoms with van der Waals surface area (Å²) in [6.45, 7) is 4.78. The van der Waals surface area contributed by atoms with Gasteiger partial charge < -0.3 is 14.2 Å². The molecule has 3 rings (SSSR count). The minimum atomic E-state index is -0.303. The Hall–Kier alpha value is -2.49. The van der Waals surface area contributed by atoms with Gasteiger partial charge in [0.15, 0.2) is 0 Å². The lowest BCUT2D eigenvalue weighted by molar-refractivity contribution is 0.0488. The first-order valence-electron chi connectivity index (χ1n) is 8.50. The van der Waals surface area contributed by atoms with Gasteiger partial charge in [0.25, 0.3) is 0 Å². The maximum absolute atomic E-state index is 12.7. The van der Waals surface area contributed by atoms with Crippen molar-refractivity contribution in [1.82, 2.24) is 4.40 Å². The van der Waals surface area contributed by atoms with Crippen LogP contribution in [0, 0.1) is 5.92 Å². The fraction of sp³-hybridized carbons (Fsp3) is 0.350. The van der Waals surface area contributed by atoms with Gasteiger partial charge in [-0.15, -0.1) is 0 Å². The van der Waals surface area contributed by atoms with E-state index in [-0.39, 0.29) is 11.7 Å². The molecule has 0 spiro atoms. The summed E-state index contributed by atoms with van der Waals surface area (Å²) in [5.74, 6) is 0.435. The second kappa shape index (κ2) is 6.95. The molecule has 0 aliphatic heterocycles. The zero-order valence-corrected chi connectivity index (χ0v) is 14.2. The molecule has 0 aliphatic rings. The Labute approximate surface area is 141 Å². The molecule has 1 unspecified atom stereocenters. The second-order valence-electron chi connectivity index (χ2n) is 6.35. The molecule has 2 aromatic heterocycles. The Morgan fingerprint density at radius 1 is 1.21 bits per heavy atom. The van der Waals surface area contributed by atoms with Gasteiger partial charge in [0.05, 0.1) is 23.2 Å². The maximum atomic E-state index is 12.7. The fourth-order valence-corrected chi connectivity index (χ4v) is 3.20. The number of hydrogen-bond acceptors (Lipinski definition) is 3. The van der Waals surface area contributed by atoms with Crippen molar-refractivity contribution < 1.29 is 14.6 Å². The third-order valence-electron chi connectivity index (χ3n) is 4.46. The Morgan fingerprint density at radius 2 is 2.04 bits per heavy atom. The zero-order valence-electron chi connectivity index (χ0n) is 14.2. The molecule has 4 heteroatoms. The van der Waals surface area contributed by atoms with E-state index in [1.807, 2.05) is 28.8 Å². The highest BCUT2D eigenvalue weighted by Crippen LogP contribution is 2.30. The number of pyridine rings is 1. The van der Waals surface area contributed by atoms with E-state index in [1.54, 1.807) is 18.2 Å². The number of esters is 1. The summed E-state index contributed by atoms with van der Waals surface area (Å²) in [5.41, 5.74) is 2.16. The lowest BCUT2D eigenvalue weighted by atomic mass is 10.0. The molecule has 1 atom stereocenters. The first-order valence-corrected chi connectivity index (χ1v) is 8.50. The van der Waals surface area contributed by atoms with Crippen molar-refractivity contribution in [2.75, 3.05) is 6.61 Å². The molecule has 0 amide bonds. The Bertz CT molecular complexity index is 866. The van der Waals surface area contributed by atoms with Crippen molar-refractivity contribution in [3.05, 3.63) is 48.2 Å². The molecule has 4 nitrogen and oxygen atoms in total. The minimum Gasteiger partial charge on any atom is -0.508 e. The van der Waals surface area contributed by atoms with Crippen LogP contribution < -0.4 is 0 Å². The maximum Gasteiger partial charge on any atom is 0.340 e. The topological polar surface area (TPSA) is 50.9 Å². The number of ether oxygens (including phenoxy) is 1. The normalized spacial score (nSPS) is 12.6. The van der Waals surface area contributed by atoms with Crippen LogP contribution in [0.5, 0.6) is 5.75 Å². The van der Waals surface area contributed by atoms with Crippen LogP contribution in [0.1, 0.15) is 43.5 Å². The highest BCUT2D eigenvalue weighted by atomic mass is 16.5. The van der Waals surface area contributed by atoms with E-state index in [9.17, 15) is 9.90 Å². The lowest BCUT2D eigenvalue weighted by Gasteiger charge is -2.10. The number of aromatic hydroxyl groups is 1. The number of hydrogen-bond donors (Lipinski definition) is 1. The number of rotatable bonds is 6. The number of nitrogens with zero attached hydrogens (tertiary/aromatic N) is 1. The molecule has 3 aromatic rings. The molecule has 1 N–H and O–H groups in total. The van der Waals surface area contributed by atoms with Gasteiger partial charge in [-0.2, -0.15) is 0 Å². The van der Waals surface area contributed by atoms with E-state index < -0.39 is 0 Å². The van der Waals surface area contributed by atoms with E-state index >= 15 is 0 Å². The molecule has 24 heavy (non-hydrogen) atoms. The number of fused-ring (bicyclic) bond motifs is 3. The lowest BCUT2D eigenvalue weighted by Crippen LogP contribution is -2.09. The molecule has 0 saturated carbocycles. The average molecular weight is 325 g/mol. The quantitative estimate of drug-likeness (QED) is 0.663. The van der Waals surface area contributed by atoms with Gasteiger partial charge in [-0.25, -0.2) is 4.79 Å². The van der Waals surface area contributed by atoms with Gasteiger partial charge in [-0.1, -0.05) is 32.8 Å². The molecule has 0 radical (unpaired) electrons. The van der Waals surface area contributed by atoms with Crippen LogP contribution in [0.4, 0.5) is 0 Å². The van der Waals surface area contributed by atoms with Gasteiger partial charge >= 0.3 is 5.97 Å². The van der Waals surface area contributed by atoms with E-state index in [0.29, 0.717) is 18.1 Å². The van der Waals surface area contributed by atoms with Crippen molar-refractivity contribution in [3.63, 3.8) is 0 Å². The summed E-state index contributed by atoms with van der Waals surface area (Å²) < 4.78 is 7.44. The van der Waals surface area contributed by atoms with E-state index in [2.05, 4.69) is 13.8 Å². The predicted octanol–water partition coefficient (Wildman–Crippen LogP) is 4.78. The summed E-state index contributed by atoms with van der Waals surface area (Å²) in [4.78, 5) is 12.7. The van der Waals surface area contributed by atoms with Crippen molar-refractivity contribution in [3.8, 4) is 5.75 Å².